The third kappa shape index (κ3) is 16.8. The minimum absolute atomic E-state index is 0.0281. The first kappa shape index (κ1) is 23.9. The van der Waals surface area contributed by atoms with Crippen molar-refractivity contribution in [3.05, 3.63) is 72.9 Å². The molecule has 0 aromatic carbocycles. The van der Waals surface area contributed by atoms with Crippen LogP contribution in [0.25, 0.3) is 0 Å². The van der Waals surface area contributed by atoms with E-state index in [1.54, 1.807) is 0 Å². The van der Waals surface area contributed by atoms with Crippen LogP contribution in [0.15, 0.2) is 72.9 Å². The SMILES string of the molecule is CC/C=C\C/C=C\C/C=C\C/C=C\C/C=C\C/C=C\CC(CC)C(N)=O. The fourth-order valence-electron chi connectivity index (χ4n) is 2.27. The van der Waals surface area contributed by atoms with E-state index < -0.39 is 0 Å². The van der Waals surface area contributed by atoms with Crippen molar-refractivity contribution in [2.24, 2.45) is 11.7 Å². The van der Waals surface area contributed by atoms with Crippen LogP contribution in [0.3, 0.4) is 0 Å². The van der Waals surface area contributed by atoms with Gasteiger partial charge in [-0.25, -0.2) is 0 Å². The van der Waals surface area contributed by atoms with E-state index in [2.05, 4.69) is 79.8 Å². The molecule has 1 unspecified atom stereocenters. The van der Waals surface area contributed by atoms with Gasteiger partial charge in [0.25, 0.3) is 0 Å². The van der Waals surface area contributed by atoms with Gasteiger partial charge in [0.1, 0.15) is 0 Å². The Morgan fingerprint density at radius 2 is 1.00 bits per heavy atom. The average Bonchev–Trinajstić information content (AvgIpc) is 2.63. The van der Waals surface area contributed by atoms with Crippen LogP contribution < -0.4 is 5.73 Å². The lowest BCUT2D eigenvalue weighted by Crippen LogP contribution is -2.21. The molecule has 0 heterocycles. The largest absolute Gasteiger partial charge is 0.369 e. The van der Waals surface area contributed by atoms with E-state index in [0.717, 1.165) is 51.4 Å². The van der Waals surface area contributed by atoms with E-state index in [0.29, 0.717) is 0 Å². The van der Waals surface area contributed by atoms with Gasteiger partial charge in [-0.05, 0) is 51.4 Å². The van der Waals surface area contributed by atoms with E-state index in [1.807, 2.05) is 6.92 Å². The summed E-state index contributed by atoms with van der Waals surface area (Å²) in [7, 11) is 0. The first-order valence-corrected chi connectivity index (χ1v) is 9.91. The topological polar surface area (TPSA) is 43.1 Å². The van der Waals surface area contributed by atoms with Crippen LogP contribution in [-0.4, -0.2) is 5.91 Å². The van der Waals surface area contributed by atoms with Crippen LogP contribution in [0.1, 0.15) is 65.2 Å². The Morgan fingerprint density at radius 1 is 0.654 bits per heavy atom. The highest BCUT2D eigenvalue weighted by atomic mass is 16.1. The number of primary amides is 1. The molecule has 2 heteroatoms. The molecule has 0 saturated heterocycles. The van der Waals surface area contributed by atoms with Gasteiger partial charge in [0, 0.05) is 5.92 Å². The Kier molecular flexibility index (Phi) is 17.7. The molecule has 144 valence electrons. The van der Waals surface area contributed by atoms with E-state index >= 15 is 0 Å². The summed E-state index contributed by atoms with van der Waals surface area (Å²) in [5.41, 5.74) is 5.32. The predicted molar refractivity (Wildman–Crippen MR) is 116 cm³/mol. The van der Waals surface area contributed by atoms with Gasteiger partial charge >= 0.3 is 0 Å². The van der Waals surface area contributed by atoms with Gasteiger partial charge < -0.3 is 5.73 Å². The van der Waals surface area contributed by atoms with Crippen molar-refractivity contribution in [3.63, 3.8) is 0 Å². The van der Waals surface area contributed by atoms with E-state index in [1.165, 1.54) is 0 Å². The average molecular weight is 356 g/mol. The van der Waals surface area contributed by atoms with Crippen molar-refractivity contribution in [1.82, 2.24) is 0 Å². The van der Waals surface area contributed by atoms with Gasteiger partial charge in [-0.1, -0.05) is 86.8 Å². The Hall–Kier alpha value is -2.09. The van der Waals surface area contributed by atoms with Crippen LogP contribution in [0.4, 0.5) is 0 Å². The molecule has 0 saturated carbocycles. The third-order valence-electron chi connectivity index (χ3n) is 3.91. The molecular formula is C24H37NO. The van der Waals surface area contributed by atoms with Crippen molar-refractivity contribution in [2.75, 3.05) is 0 Å². The Balaban J connectivity index is 3.65. The predicted octanol–water partition coefficient (Wildman–Crippen LogP) is 6.59. The quantitative estimate of drug-likeness (QED) is 0.331. The molecule has 0 bridgehead atoms. The smallest absolute Gasteiger partial charge is 0.220 e. The summed E-state index contributed by atoms with van der Waals surface area (Å²) >= 11 is 0. The number of hydrogen-bond acceptors (Lipinski definition) is 1. The summed E-state index contributed by atoms with van der Waals surface area (Å²) in [4.78, 5) is 11.1. The maximum atomic E-state index is 11.1. The molecule has 2 nitrogen and oxygen atoms in total. The molecule has 2 N–H and O–H groups in total. The molecular weight excluding hydrogens is 318 g/mol. The van der Waals surface area contributed by atoms with Crippen LogP contribution in [0.5, 0.6) is 0 Å². The Bertz CT molecular complexity index is 506. The zero-order chi connectivity index (χ0) is 19.3. The molecule has 0 radical (unpaired) electrons. The fraction of sp³-hybridized carbons (Fsp3) is 0.458. The second-order valence-electron chi connectivity index (χ2n) is 6.16. The molecule has 0 aromatic heterocycles. The maximum absolute atomic E-state index is 11.1. The molecule has 0 aliphatic rings. The zero-order valence-corrected chi connectivity index (χ0v) is 16.6. The molecule has 0 rings (SSSR count). The zero-order valence-electron chi connectivity index (χ0n) is 16.6. The van der Waals surface area contributed by atoms with Crippen LogP contribution >= 0.6 is 0 Å². The molecule has 0 aliphatic heterocycles. The minimum Gasteiger partial charge on any atom is -0.369 e. The lowest BCUT2D eigenvalue weighted by molar-refractivity contribution is -0.121. The second-order valence-corrected chi connectivity index (χ2v) is 6.16. The highest BCUT2D eigenvalue weighted by molar-refractivity contribution is 5.76. The van der Waals surface area contributed by atoms with E-state index in [4.69, 9.17) is 5.73 Å². The van der Waals surface area contributed by atoms with Gasteiger partial charge in [0.2, 0.25) is 5.91 Å². The van der Waals surface area contributed by atoms with Gasteiger partial charge in [0.15, 0.2) is 0 Å². The van der Waals surface area contributed by atoms with Gasteiger partial charge in [-0.3, -0.25) is 4.79 Å². The number of carbonyl (C=O) groups excluding carboxylic acids is 1. The molecule has 0 aliphatic carbocycles. The van der Waals surface area contributed by atoms with Crippen LogP contribution in [0, 0.1) is 5.92 Å². The van der Waals surface area contributed by atoms with Crippen molar-refractivity contribution in [2.45, 2.75) is 65.2 Å². The maximum Gasteiger partial charge on any atom is 0.220 e. The lowest BCUT2D eigenvalue weighted by Gasteiger charge is -2.05. The first-order chi connectivity index (χ1) is 12.7. The summed E-state index contributed by atoms with van der Waals surface area (Å²) in [6, 6.07) is 0. The minimum atomic E-state index is -0.202. The van der Waals surface area contributed by atoms with Gasteiger partial charge in [0.05, 0.1) is 0 Å². The fourth-order valence-corrected chi connectivity index (χ4v) is 2.27. The van der Waals surface area contributed by atoms with Gasteiger partial charge in [-0.2, -0.15) is 0 Å². The molecule has 26 heavy (non-hydrogen) atoms. The molecule has 0 aromatic rings. The third-order valence-corrected chi connectivity index (χ3v) is 3.91. The highest BCUT2D eigenvalue weighted by Crippen LogP contribution is 2.08. The van der Waals surface area contributed by atoms with E-state index in [-0.39, 0.29) is 11.8 Å². The molecule has 0 fully saturated rings. The molecule has 0 spiro atoms. The monoisotopic (exact) mass is 355 g/mol. The highest BCUT2D eigenvalue weighted by Gasteiger charge is 2.09. The van der Waals surface area contributed by atoms with Crippen molar-refractivity contribution < 1.29 is 4.79 Å². The summed E-state index contributed by atoms with van der Waals surface area (Å²) in [5, 5.41) is 0. The summed E-state index contributed by atoms with van der Waals surface area (Å²) in [6.07, 6.45) is 33.7. The summed E-state index contributed by atoms with van der Waals surface area (Å²) in [5.74, 6) is -0.230. The number of rotatable bonds is 15. The summed E-state index contributed by atoms with van der Waals surface area (Å²) < 4.78 is 0. The van der Waals surface area contributed by atoms with Crippen molar-refractivity contribution >= 4 is 5.91 Å². The number of hydrogen-bond donors (Lipinski definition) is 1. The van der Waals surface area contributed by atoms with Crippen molar-refractivity contribution in [3.8, 4) is 0 Å². The number of allylic oxidation sites excluding steroid dienone is 12. The van der Waals surface area contributed by atoms with Gasteiger partial charge in [-0.15, -0.1) is 0 Å². The normalized spacial score (nSPS) is 14.2. The molecule has 1 atom stereocenters. The lowest BCUT2D eigenvalue weighted by atomic mass is 10.0. The number of carbonyl (C=O) groups is 1. The standard InChI is InChI=1S/C24H37NO/c1-3-5-6-7-8-9-10-11-12-13-14-15-16-17-18-19-20-21-22-23(4-2)24(25)26/h5-6,8-9,11-12,14-15,17-18,20-21,23H,3-4,7,10,13,16,19,22H2,1-2H3,(H2,25,26)/b6-5-,9-8-,12-11-,15-14-,18-17-,21-20-. The Morgan fingerprint density at radius 3 is 1.31 bits per heavy atom. The Labute approximate surface area is 160 Å². The van der Waals surface area contributed by atoms with E-state index in [9.17, 15) is 4.79 Å². The first-order valence-electron chi connectivity index (χ1n) is 9.91. The second kappa shape index (κ2) is 19.2. The van der Waals surface area contributed by atoms with Crippen molar-refractivity contribution in [1.29, 1.82) is 0 Å². The number of nitrogens with two attached hydrogens (primary N) is 1. The summed E-state index contributed by atoms with van der Waals surface area (Å²) in [6.45, 7) is 4.15. The molecule has 1 amide bonds. The van der Waals surface area contributed by atoms with Crippen LogP contribution in [-0.2, 0) is 4.79 Å². The van der Waals surface area contributed by atoms with Crippen LogP contribution in [0.2, 0.25) is 0 Å². The number of amides is 1.